The van der Waals surface area contributed by atoms with Crippen LogP contribution in [0, 0.1) is 0 Å². The largest absolute Gasteiger partial charge is 0.494 e. The highest BCUT2D eigenvalue weighted by molar-refractivity contribution is 9.10. The highest BCUT2D eigenvalue weighted by atomic mass is 79.9. The maximum atomic E-state index is 10.7. The molecule has 0 bridgehead atoms. The number of nitrogens with one attached hydrogen (secondary N) is 1. The molecule has 33 heavy (non-hydrogen) atoms. The first-order chi connectivity index (χ1) is 15.9. The van der Waals surface area contributed by atoms with E-state index in [1.165, 1.54) is 0 Å². The molecule has 2 heterocycles. The van der Waals surface area contributed by atoms with E-state index in [1.807, 2.05) is 42.5 Å². The smallest absolute Gasteiger partial charge is 0.199 e. The standard InChI is InChI=1S/C25H30BrN5O2/c1-30(2)13-14-31(3)12-6-7-15-33-29-23-18-8-4-5-9-20(18)27-24(23)22-19-16-17(26)10-11-21(19)28-25(22)32/h4-5,8-11,16,28,32H,6-7,12-15H2,1-3H3. The number of unbranched alkanes of at least 4 members (excludes halogenated alkanes) is 1. The van der Waals surface area contributed by atoms with Gasteiger partial charge in [-0.3, -0.25) is 0 Å². The van der Waals surface area contributed by atoms with Gasteiger partial charge in [-0.15, -0.1) is 0 Å². The molecule has 0 radical (unpaired) electrons. The van der Waals surface area contributed by atoms with Gasteiger partial charge in [0, 0.05) is 34.0 Å². The fourth-order valence-electron chi connectivity index (χ4n) is 3.87. The molecule has 0 saturated heterocycles. The summed E-state index contributed by atoms with van der Waals surface area (Å²) in [5, 5.41) is 16.1. The number of H-pyrrole nitrogens is 1. The third-order valence-corrected chi connectivity index (χ3v) is 6.20. The van der Waals surface area contributed by atoms with Crippen LogP contribution < -0.4 is 0 Å². The summed E-state index contributed by atoms with van der Waals surface area (Å²) in [6, 6.07) is 13.7. The Hall–Kier alpha value is -2.68. The number of aromatic amines is 1. The van der Waals surface area contributed by atoms with Crippen LogP contribution in [0.3, 0.4) is 0 Å². The molecule has 1 aromatic heterocycles. The minimum Gasteiger partial charge on any atom is -0.494 e. The van der Waals surface area contributed by atoms with Gasteiger partial charge >= 0.3 is 0 Å². The van der Waals surface area contributed by atoms with Crippen LogP contribution in [0.15, 0.2) is 57.1 Å². The fraction of sp³-hybridized carbons (Fsp3) is 0.360. The molecule has 0 unspecified atom stereocenters. The summed E-state index contributed by atoms with van der Waals surface area (Å²) in [6.07, 6.45) is 1.96. The number of fused-ring (bicyclic) bond motifs is 2. The summed E-state index contributed by atoms with van der Waals surface area (Å²) in [5.41, 5.74) is 4.45. The Balaban J connectivity index is 1.48. The summed E-state index contributed by atoms with van der Waals surface area (Å²) >= 11 is 3.52. The topological polar surface area (TPSA) is 76.5 Å². The Morgan fingerprint density at radius 1 is 1.06 bits per heavy atom. The Morgan fingerprint density at radius 3 is 2.70 bits per heavy atom. The zero-order valence-corrected chi connectivity index (χ0v) is 20.9. The Labute approximate surface area is 202 Å². The lowest BCUT2D eigenvalue weighted by Crippen LogP contribution is -2.29. The molecule has 8 heteroatoms. The summed E-state index contributed by atoms with van der Waals surface area (Å²) in [4.78, 5) is 18.1. The number of benzene rings is 2. The molecule has 4 rings (SSSR count). The van der Waals surface area contributed by atoms with Crippen LogP contribution in [0.25, 0.3) is 10.9 Å². The van der Waals surface area contributed by atoms with Gasteiger partial charge in [0.25, 0.3) is 0 Å². The molecule has 7 nitrogen and oxygen atoms in total. The number of oxime groups is 1. The van der Waals surface area contributed by atoms with E-state index in [0.29, 0.717) is 23.6 Å². The molecule has 1 aliphatic heterocycles. The van der Waals surface area contributed by atoms with Crippen LogP contribution in [0.1, 0.15) is 24.0 Å². The average Bonchev–Trinajstić information content (AvgIpc) is 3.30. The van der Waals surface area contributed by atoms with Gasteiger partial charge in [0.15, 0.2) is 5.88 Å². The molecule has 2 N–H and O–H groups in total. The number of aliphatic imine (C=N–C) groups is 1. The van der Waals surface area contributed by atoms with Crippen molar-refractivity contribution in [2.24, 2.45) is 10.1 Å². The quantitative estimate of drug-likeness (QED) is 0.303. The van der Waals surface area contributed by atoms with E-state index in [2.05, 4.69) is 57.0 Å². The maximum Gasteiger partial charge on any atom is 0.199 e. The van der Waals surface area contributed by atoms with Gasteiger partial charge in [-0.25, -0.2) is 4.99 Å². The van der Waals surface area contributed by atoms with Crippen molar-refractivity contribution in [3.05, 3.63) is 58.1 Å². The van der Waals surface area contributed by atoms with E-state index in [-0.39, 0.29) is 5.88 Å². The van der Waals surface area contributed by atoms with Crippen LogP contribution >= 0.6 is 15.9 Å². The van der Waals surface area contributed by atoms with Crippen LogP contribution in [-0.4, -0.2) is 78.7 Å². The van der Waals surface area contributed by atoms with Crippen LogP contribution in [0.2, 0.25) is 0 Å². The van der Waals surface area contributed by atoms with Gasteiger partial charge in [0.05, 0.1) is 11.3 Å². The Morgan fingerprint density at radius 2 is 1.88 bits per heavy atom. The lowest BCUT2D eigenvalue weighted by molar-refractivity contribution is 0.137. The van der Waals surface area contributed by atoms with E-state index in [4.69, 9.17) is 9.83 Å². The second-order valence-corrected chi connectivity index (χ2v) is 9.52. The van der Waals surface area contributed by atoms with Crippen LogP contribution in [0.5, 0.6) is 5.88 Å². The molecule has 0 aliphatic carbocycles. The summed E-state index contributed by atoms with van der Waals surface area (Å²) in [6.45, 7) is 3.67. The first-order valence-electron chi connectivity index (χ1n) is 11.2. The first-order valence-corrected chi connectivity index (χ1v) is 12.0. The highest BCUT2D eigenvalue weighted by Crippen LogP contribution is 2.36. The summed E-state index contributed by atoms with van der Waals surface area (Å²) in [7, 11) is 6.33. The summed E-state index contributed by atoms with van der Waals surface area (Å²) in [5.74, 6) is 0.0723. The van der Waals surface area contributed by atoms with Crippen molar-refractivity contribution < 1.29 is 9.94 Å². The number of hydrogen-bond donors (Lipinski definition) is 2. The lowest BCUT2D eigenvalue weighted by Gasteiger charge is -2.18. The molecule has 0 spiro atoms. The monoisotopic (exact) mass is 511 g/mol. The molecule has 0 saturated carbocycles. The van der Waals surface area contributed by atoms with E-state index >= 15 is 0 Å². The predicted octanol–water partition coefficient (Wildman–Crippen LogP) is 4.76. The number of hydrogen-bond acceptors (Lipinski definition) is 6. The Kier molecular flexibility index (Phi) is 7.47. The first kappa shape index (κ1) is 23.5. The molecule has 0 fully saturated rings. The molecule has 174 valence electrons. The van der Waals surface area contributed by atoms with Gasteiger partial charge < -0.3 is 24.7 Å². The van der Waals surface area contributed by atoms with Gasteiger partial charge in [0.2, 0.25) is 0 Å². The lowest BCUT2D eigenvalue weighted by atomic mass is 10.0. The third-order valence-electron chi connectivity index (χ3n) is 5.70. The van der Waals surface area contributed by atoms with E-state index < -0.39 is 0 Å². The minimum atomic E-state index is 0.0723. The van der Waals surface area contributed by atoms with Gasteiger partial charge in [0.1, 0.15) is 18.0 Å². The molecular weight excluding hydrogens is 482 g/mol. The minimum absolute atomic E-state index is 0.0723. The van der Waals surface area contributed by atoms with Gasteiger partial charge in [-0.1, -0.05) is 39.3 Å². The van der Waals surface area contributed by atoms with Crippen molar-refractivity contribution in [2.45, 2.75) is 12.8 Å². The van der Waals surface area contributed by atoms with Gasteiger partial charge in [-0.05, 0) is 64.8 Å². The number of rotatable bonds is 10. The number of nitrogens with zero attached hydrogens (tertiary/aromatic N) is 4. The van der Waals surface area contributed by atoms with Crippen molar-refractivity contribution in [1.82, 2.24) is 14.8 Å². The van der Waals surface area contributed by atoms with Crippen molar-refractivity contribution in [1.29, 1.82) is 0 Å². The number of halogens is 1. The Bertz CT molecular complexity index is 1180. The fourth-order valence-corrected chi connectivity index (χ4v) is 4.23. The zero-order valence-electron chi connectivity index (χ0n) is 19.3. The highest BCUT2D eigenvalue weighted by Gasteiger charge is 2.29. The number of aromatic hydroxyl groups is 1. The SMILES string of the molecule is CN(C)CCN(C)CCCCON=C1C(c2c(O)[nH]c3ccc(Br)cc23)=Nc2ccccc21. The summed E-state index contributed by atoms with van der Waals surface area (Å²) < 4.78 is 0.927. The van der Waals surface area contributed by atoms with Crippen molar-refractivity contribution in [3.8, 4) is 5.88 Å². The molecule has 1 aliphatic rings. The van der Waals surface area contributed by atoms with E-state index in [9.17, 15) is 5.11 Å². The normalized spacial score (nSPS) is 14.5. The van der Waals surface area contributed by atoms with Crippen molar-refractivity contribution in [3.63, 3.8) is 0 Å². The number of aromatic nitrogens is 1. The predicted molar refractivity (Wildman–Crippen MR) is 138 cm³/mol. The van der Waals surface area contributed by atoms with E-state index in [1.54, 1.807) is 0 Å². The maximum absolute atomic E-state index is 10.7. The van der Waals surface area contributed by atoms with Crippen LogP contribution in [-0.2, 0) is 4.84 Å². The second-order valence-electron chi connectivity index (χ2n) is 8.60. The van der Waals surface area contributed by atoms with Crippen molar-refractivity contribution in [2.75, 3.05) is 47.4 Å². The van der Waals surface area contributed by atoms with Crippen molar-refractivity contribution >= 4 is 43.9 Å². The molecule has 3 aromatic rings. The zero-order chi connectivity index (χ0) is 23.4. The third kappa shape index (κ3) is 5.46. The molecule has 2 aromatic carbocycles. The molecule has 0 amide bonds. The average molecular weight is 512 g/mol. The number of para-hydroxylation sites is 1. The number of likely N-dealkylation sites (N-methyl/N-ethyl adjacent to an activating group) is 2. The molecule has 0 atom stereocenters. The molecular formula is C25H30BrN5O2. The van der Waals surface area contributed by atoms with E-state index in [0.717, 1.165) is 59.1 Å². The second kappa shape index (κ2) is 10.5. The van der Waals surface area contributed by atoms with Crippen LogP contribution in [0.4, 0.5) is 5.69 Å². The van der Waals surface area contributed by atoms with Gasteiger partial charge in [-0.2, -0.15) is 0 Å².